The molecule has 12 nitrogen and oxygen atoms in total. The van der Waals surface area contributed by atoms with Crippen LogP contribution in [-0.4, -0.2) is 93.4 Å². The van der Waals surface area contributed by atoms with E-state index in [0.717, 1.165) is 18.7 Å². The zero-order chi connectivity index (χ0) is 36.6. The van der Waals surface area contributed by atoms with Gasteiger partial charge in [0.05, 0.1) is 48.5 Å². The van der Waals surface area contributed by atoms with Gasteiger partial charge in [0.2, 0.25) is 6.79 Å². The van der Waals surface area contributed by atoms with Crippen LogP contribution < -0.4 is 14.4 Å². The number of hydrogen-bond acceptors (Lipinski definition) is 8. The number of nitrogens with zero attached hydrogens (tertiary/aromatic N) is 6. The number of fused-ring (bicyclic) bond motifs is 2. The smallest absolute Gasteiger partial charge is 0.264 e. The Hall–Kier alpha value is -5.37. The summed E-state index contributed by atoms with van der Waals surface area (Å²) in [6.07, 6.45) is 4.01. The van der Waals surface area contributed by atoms with Gasteiger partial charge in [0.25, 0.3) is 11.8 Å². The van der Waals surface area contributed by atoms with Gasteiger partial charge in [-0.15, -0.1) is 12.4 Å². The molecule has 282 valence electrons. The number of aromatic nitrogens is 3. The summed E-state index contributed by atoms with van der Waals surface area (Å²) < 4.78 is 34.9. The predicted molar refractivity (Wildman–Crippen MR) is 203 cm³/mol. The quantitative estimate of drug-likeness (QED) is 0.198. The highest BCUT2D eigenvalue weighted by atomic mass is 35.5. The van der Waals surface area contributed by atoms with Crippen molar-refractivity contribution in [3.8, 4) is 28.5 Å². The molecule has 3 aromatic carbocycles. The van der Waals surface area contributed by atoms with Crippen molar-refractivity contribution in [2.24, 2.45) is 7.05 Å². The summed E-state index contributed by atoms with van der Waals surface area (Å²) >= 11 is 0. The number of halogens is 2. The maximum atomic E-state index is 15.1. The minimum atomic E-state index is -0.696. The molecule has 1 atom stereocenters. The summed E-state index contributed by atoms with van der Waals surface area (Å²) in [5.74, 6) is 0.401. The molecule has 1 fully saturated rings. The van der Waals surface area contributed by atoms with Crippen molar-refractivity contribution in [1.82, 2.24) is 24.1 Å². The van der Waals surface area contributed by atoms with Crippen molar-refractivity contribution >= 4 is 35.6 Å². The second-order valence-electron chi connectivity index (χ2n) is 13.6. The molecule has 1 N–H and O–H groups in total. The lowest BCUT2D eigenvalue weighted by molar-refractivity contribution is 0.0193. The van der Waals surface area contributed by atoms with E-state index in [1.165, 1.54) is 22.6 Å². The third kappa shape index (κ3) is 7.02. The number of alkyl halides is 1. The molecular formula is C40H42ClFN6O6. The Kier molecular flexibility index (Phi) is 10.6. The lowest BCUT2D eigenvalue weighted by atomic mass is 9.92. The van der Waals surface area contributed by atoms with Gasteiger partial charge in [0, 0.05) is 62.4 Å². The predicted octanol–water partition coefficient (Wildman–Crippen LogP) is 5.90. The van der Waals surface area contributed by atoms with Crippen molar-refractivity contribution in [2.75, 3.05) is 51.2 Å². The monoisotopic (exact) mass is 756 g/mol. The van der Waals surface area contributed by atoms with Gasteiger partial charge in [-0.1, -0.05) is 24.3 Å². The zero-order valence-corrected chi connectivity index (χ0v) is 30.9. The van der Waals surface area contributed by atoms with E-state index >= 15 is 4.79 Å². The number of morpholine rings is 1. The van der Waals surface area contributed by atoms with E-state index in [4.69, 9.17) is 14.2 Å². The Morgan fingerprint density at radius 1 is 0.963 bits per heavy atom. The van der Waals surface area contributed by atoms with Crippen molar-refractivity contribution < 1.29 is 33.3 Å². The first-order valence-electron chi connectivity index (χ1n) is 17.8. The fourth-order valence-electron chi connectivity index (χ4n) is 7.64. The number of hydrogen-bond donors (Lipinski definition) is 1. The van der Waals surface area contributed by atoms with Gasteiger partial charge < -0.3 is 28.8 Å². The summed E-state index contributed by atoms with van der Waals surface area (Å²) in [4.78, 5) is 35.5. The topological polar surface area (TPSA) is 115 Å². The maximum absolute atomic E-state index is 15.1. The van der Waals surface area contributed by atoms with E-state index in [0.29, 0.717) is 83.7 Å². The lowest BCUT2D eigenvalue weighted by Gasteiger charge is -2.40. The molecule has 0 spiro atoms. The Morgan fingerprint density at radius 2 is 1.69 bits per heavy atom. The fraction of sp³-hybridized carbons (Fsp3) is 0.325. The molecule has 3 aliphatic heterocycles. The molecule has 0 unspecified atom stereocenters. The van der Waals surface area contributed by atoms with Crippen LogP contribution in [0.15, 0.2) is 79.1 Å². The molecule has 1 saturated heterocycles. The molecule has 5 aromatic rings. The highest BCUT2D eigenvalue weighted by Crippen LogP contribution is 2.42. The second-order valence-corrected chi connectivity index (χ2v) is 13.6. The molecule has 2 amide bonds. The average molecular weight is 757 g/mol. The van der Waals surface area contributed by atoms with Crippen LogP contribution in [0.2, 0.25) is 0 Å². The molecule has 0 saturated carbocycles. The van der Waals surface area contributed by atoms with Crippen LogP contribution in [0.1, 0.15) is 37.5 Å². The normalized spacial score (nSPS) is 16.5. The zero-order valence-electron chi connectivity index (χ0n) is 30.1. The van der Waals surface area contributed by atoms with E-state index in [1.54, 1.807) is 65.9 Å². The van der Waals surface area contributed by atoms with Crippen LogP contribution in [0.3, 0.4) is 0 Å². The minimum Gasteiger partial charge on any atom is -0.508 e. The van der Waals surface area contributed by atoms with Crippen molar-refractivity contribution in [1.29, 1.82) is 0 Å². The number of phenolic OH excluding ortho intramolecular Hbond substituents is 1. The fourth-order valence-corrected chi connectivity index (χ4v) is 7.64. The van der Waals surface area contributed by atoms with Gasteiger partial charge in [-0.25, -0.2) is 4.39 Å². The van der Waals surface area contributed by atoms with Gasteiger partial charge in [0.1, 0.15) is 12.4 Å². The number of aryl methyl sites for hydroxylation is 1. The molecule has 8 rings (SSSR count). The first kappa shape index (κ1) is 37.0. The van der Waals surface area contributed by atoms with Gasteiger partial charge in [-0.3, -0.25) is 24.1 Å². The number of anilines is 2. The first-order valence-corrected chi connectivity index (χ1v) is 17.8. The standard InChI is InChI=1S/C40H41FN6O6.ClH/c1-26-33(40(50)47(31-21-42-43(2)23-31)29-7-9-32(48)10-8-29)18-36(45(26)12-11-41)34-19-37-38(53-25-52-37)20-35(34)39(49)46-22-28-6-4-3-5-27(28)17-30(46)24-44-13-15-51-16-14-44;/h3-10,18-21,23,30,48H,11-17,22,24-25H2,1-2H3;1H/t30-;/m0./s1. The summed E-state index contributed by atoms with van der Waals surface area (Å²) in [5, 5.41) is 14.3. The van der Waals surface area contributed by atoms with Crippen molar-refractivity contribution in [2.45, 2.75) is 32.5 Å². The number of amides is 2. The Bertz CT molecular complexity index is 2160. The maximum Gasteiger partial charge on any atom is 0.264 e. The third-order valence-corrected chi connectivity index (χ3v) is 10.4. The van der Waals surface area contributed by atoms with Gasteiger partial charge in [0.15, 0.2) is 11.5 Å². The molecule has 5 heterocycles. The first-order chi connectivity index (χ1) is 25.8. The second kappa shape index (κ2) is 15.5. The number of rotatable bonds is 9. The van der Waals surface area contributed by atoms with E-state index in [2.05, 4.69) is 22.1 Å². The molecule has 0 aliphatic carbocycles. The van der Waals surface area contributed by atoms with Crippen LogP contribution in [-0.2, 0) is 31.3 Å². The summed E-state index contributed by atoms with van der Waals surface area (Å²) in [6, 6.07) is 19.6. The highest BCUT2D eigenvalue weighted by Gasteiger charge is 2.35. The molecular weight excluding hydrogens is 715 g/mol. The SMILES string of the molecule is Cc1c(C(=O)N(c2ccc(O)cc2)c2cnn(C)c2)cc(-c2cc3c(cc2C(=O)N2Cc4ccccc4C[C@H]2CN2CCOCC2)OCO3)n1CCF.Cl. The summed E-state index contributed by atoms with van der Waals surface area (Å²) in [6.45, 7) is 5.06. The van der Waals surface area contributed by atoms with Crippen LogP contribution in [0.25, 0.3) is 11.3 Å². The molecule has 3 aliphatic rings. The summed E-state index contributed by atoms with van der Waals surface area (Å²) in [5.41, 5.74) is 5.58. The lowest BCUT2D eigenvalue weighted by Crippen LogP contribution is -2.52. The van der Waals surface area contributed by atoms with Crippen molar-refractivity contribution in [3.63, 3.8) is 0 Å². The van der Waals surface area contributed by atoms with Gasteiger partial charge >= 0.3 is 0 Å². The third-order valence-electron chi connectivity index (χ3n) is 10.4. The molecule has 2 aromatic heterocycles. The Balaban J connectivity index is 0.00000450. The van der Waals surface area contributed by atoms with E-state index in [1.807, 2.05) is 17.0 Å². The number of carbonyl (C=O) groups is 2. The van der Waals surface area contributed by atoms with E-state index in [9.17, 15) is 14.3 Å². The summed E-state index contributed by atoms with van der Waals surface area (Å²) in [7, 11) is 1.76. The largest absolute Gasteiger partial charge is 0.508 e. The molecule has 0 radical (unpaired) electrons. The van der Waals surface area contributed by atoms with Crippen LogP contribution >= 0.6 is 12.4 Å². The van der Waals surface area contributed by atoms with Crippen LogP contribution in [0, 0.1) is 6.92 Å². The van der Waals surface area contributed by atoms with E-state index < -0.39 is 6.67 Å². The van der Waals surface area contributed by atoms with Gasteiger partial charge in [-0.05, 0) is 66.9 Å². The molecule has 14 heteroatoms. The molecule has 54 heavy (non-hydrogen) atoms. The van der Waals surface area contributed by atoms with Crippen LogP contribution in [0.5, 0.6) is 17.2 Å². The number of benzene rings is 3. The average Bonchev–Trinajstić information content (AvgIpc) is 3.90. The minimum absolute atomic E-state index is 0. The van der Waals surface area contributed by atoms with Crippen molar-refractivity contribution in [3.05, 3.63) is 107 Å². The van der Waals surface area contributed by atoms with E-state index in [-0.39, 0.29) is 49.4 Å². The van der Waals surface area contributed by atoms with Crippen LogP contribution in [0.4, 0.5) is 15.8 Å². The Labute approximate surface area is 318 Å². The Morgan fingerprint density at radius 3 is 2.39 bits per heavy atom. The number of carbonyl (C=O) groups excluding carboxylic acids is 2. The number of ether oxygens (including phenoxy) is 3. The number of phenols is 1. The van der Waals surface area contributed by atoms with Gasteiger partial charge in [-0.2, -0.15) is 5.10 Å². The highest BCUT2D eigenvalue weighted by molar-refractivity contribution is 6.12. The molecule has 0 bridgehead atoms. The number of aromatic hydroxyl groups is 1.